The first kappa shape index (κ1) is 21.5. The van der Waals surface area contributed by atoms with Gasteiger partial charge in [-0.3, -0.25) is 0 Å². The van der Waals surface area contributed by atoms with E-state index in [1.54, 1.807) is 11.1 Å². The molecule has 130 valence electrons. The fourth-order valence-corrected chi connectivity index (χ4v) is 2.79. The highest BCUT2D eigenvalue weighted by molar-refractivity contribution is 5.05. The molecule has 0 amide bonds. The summed E-state index contributed by atoms with van der Waals surface area (Å²) in [6.45, 7) is 9.18. The first-order valence-corrected chi connectivity index (χ1v) is 10.0. The van der Waals surface area contributed by atoms with Crippen LogP contribution in [0.15, 0.2) is 23.3 Å². The van der Waals surface area contributed by atoms with Crippen molar-refractivity contribution in [3.05, 3.63) is 23.3 Å². The van der Waals surface area contributed by atoms with E-state index in [4.69, 9.17) is 0 Å². The van der Waals surface area contributed by atoms with Gasteiger partial charge in [0.25, 0.3) is 0 Å². The molecule has 0 bridgehead atoms. The Kier molecular flexibility index (Phi) is 16.4. The number of rotatable bonds is 15. The van der Waals surface area contributed by atoms with Crippen LogP contribution in [0.2, 0.25) is 0 Å². The maximum atomic E-state index is 2.48. The molecule has 0 fully saturated rings. The van der Waals surface area contributed by atoms with Gasteiger partial charge >= 0.3 is 0 Å². The van der Waals surface area contributed by atoms with Gasteiger partial charge in [-0.2, -0.15) is 0 Å². The normalized spacial score (nSPS) is 12.9. The molecular weight excluding hydrogens is 264 g/mol. The van der Waals surface area contributed by atoms with Crippen molar-refractivity contribution in [2.24, 2.45) is 0 Å². The van der Waals surface area contributed by atoms with Crippen LogP contribution in [-0.4, -0.2) is 0 Å². The second kappa shape index (κ2) is 16.8. The minimum atomic E-state index is 1.26. The smallest absolute Gasteiger partial charge is 0.0286 e. The summed E-state index contributed by atoms with van der Waals surface area (Å²) in [7, 11) is 0. The molecule has 0 heteroatoms. The molecule has 0 N–H and O–H groups in total. The Morgan fingerprint density at radius 3 is 1.27 bits per heavy atom. The lowest BCUT2D eigenvalue weighted by Gasteiger charge is -2.04. The van der Waals surface area contributed by atoms with Crippen LogP contribution in [0.25, 0.3) is 0 Å². The van der Waals surface area contributed by atoms with E-state index >= 15 is 0 Å². The SMILES string of the molecule is CCCCCCC/C=C(/C)CC/C(C)=C\CCCCCCC. The molecule has 0 spiro atoms. The molecule has 0 aromatic rings. The van der Waals surface area contributed by atoms with Crippen molar-refractivity contribution >= 4 is 0 Å². The van der Waals surface area contributed by atoms with Crippen LogP contribution < -0.4 is 0 Å². The molecule has 0 aromatic heterocycles. The predicted octanol–water partition coefficient (Wildman–Crippen LogP) is 8.38. The monoisotopic (exact) mass is 306 g/mol. The molecular formula is C22H42. The zero-order chi connectivity index (χ0) is 16.5. The van der Waals surface area contributed by atoms with Crippen molar-refractivity contribution in [3.63, 3.8) is 0 Å². The van der Waals surface area contributed by atoms with Crippen LogP contribution in [0.3, 0.4) is 0 Å². The van der Waals surface area contributed by atoms with Crippen molar-refractivity contribution in [3.8, 4) is 0 Å². The number of unbranched alkanes of at least 4 members (excludes halogenated alkanes) is 10. The minimum Gasteiger partial charge on any atom is -0.0856 e. The van der Waals surface area contributed by atoms with Crippen molar-refractivity contribution in [2.75, 3.05) is 0 Å². The zero-order valence-corrected chi connectivity index (χ0v) is 16.1. The fourth-order valence-electron chi connectivity index (χ4n) is 2.79. The Hall–Kier alpha value is -0.520. The van der Waals surface area contributed by atoms with E-state index < -0.39 is 0 Å². The van der Waals surface area contributed by atoms with Crippen molar-refractivity contribution in [1.82, 2.24) is 0 Å². The molecule has 0 heterocycles. The lowest BCUT2D eigenvalue weighted by Crippen LogP contribution is -1.84. The van der Waals surface area contributed by atoms with Crippen molar-refractivity contribution < 1.29 is 0 Å². The highest BCUT2D eigenvalue weighted by atomic mass is 14.0. The van der Waals surface area contributed by atoms with E-state index in [0.717, 1.165) is 0 Å². The molecule has 0 saturated heterocycles. The van der Waals surface area contributed by atoms with Gasteiger partial charge in [0.1, 0.15) is 0 Å². The van der Waals surface area contributed by atoms with Crippen molar-refractivity contribution in [2.45, 2.75) is 118 Å². The zero-order valence-electron chi connectivity index (χ0n) is 16.1. The molecule has 0 aliphatic heterocycles. The summed E-state index contributed by atoms with van der Waals surface area (Å²) in [5.74, 6) is 0. The summed E-state index contributed by atoms with van der Waals surface area (Å²) >= 11 is 0. The molecule has 0 aromatic carbocycles. The van der Waals surface area contributed by atoms with Crippen LogP contribution in [0.4, 0.5) is 0 Å². The molecule has 0 atom stereocenters. The highest BCUT2D eigenvalue weighted by Gasteiger charge is 1.95. The van der Waals surface area contributed by atoms with Gasteiger partial charge in [-0.15, -0.1) is 0 Å². The van der Waals surface area contributed by atoms with Crippen LogP contribution in [0.5, 0.6) is 0 Å². The summed E-state index contributed by atoms with van der Waals surface area (Å²) in [4.78, 5) is 0. The quantitative estimate of drug-likeness (QED) is 0.210. The third-order valence-electron chi connectivity index (χ3n) is 4.51. The number of allylic oxidation sites excluding steroid dienone is 4. The maximum Gasteiger partial charge on any atom is -0.0286 e. The second-order valence-corrected chi connectivity index (χ2v) is 7.01. The first-order valence-electron chi connectivity index (χ1n) is 10.0. The molecule has 0 unspecified atom stereocenters. The van der Waals surface area contributed by atoms with E-state index in [9.17, 15) is 0 Å². The molecule has 0 nitrogen and oxygen atoms in total. The summed E-state index contributed by atoms with van der Waals surface area (Å²) in [5, 5.41) is 0. The van der Waals surface area contributed by atoms with E-state index in [1.807, 2.05) is 0 Å². The Bertz CT molecular complexity index is 252. The van der Waals surface area contributed by atoms with Gasteiger partial charge in [0.15, 0.2) is 0 Å². The predicted molar refractivity (Wildman–Crippen MR) is 104 cm³/mol. The average Bonchev–Trinajstić information content (AvgIpc) is 2.52. The van der Waals surface area contributed by atoms with Gasteiger partial charge in [0.2, 0.25) is 0 Å². The summed E-state index contributed by atoms with van der Waals surface area (Å²) < 4.78 is 0. The summed E-state index contributed by atoms with van der Waals surface area (Å²) in [6, 6.07) is 0. The van der Waals surface area contributed by atoms with Crippen LogP contribution in [0.1, 0.15) is 118 Å². The number of hydrogen-bond donors (Lipinski definition) is 0. The van der Waals surface area contributed by atoms with Gasteiger partial charge in [-0.25, -0.2) is 0 Å². The first-order chi connectivity index (χ1) is 10.7. The van der Waals surface area contributed by atoms with Crippen LogP contribution in [-0.2, 0) is 0 Å². The standard InChI is InChI=1S/C22H42/c1-5-7-9-11-13-15-17-21(3)19-20-22(4)18-16-14-12-10-8-6-2/h17-18H,5-16,19-20H2,1-4H3/b21-17-,22-18-. The summed E-state index contributed by atoms with van der Waals surface area (Å²) in [5.41, 5.74) is 3.18. The topological polar surface area (TPSA) is 0 Å². The highest BCUT2D eigenvalue weighted by Crippen LogP contribution is 2.15. The lowest BCUT2D eigenvalue weighted by molar-refractivity contribution is 0.635. The Balaban J connectivity index is 3.59. The Labute approximate surface area is 141 Å². The molecule has 0 aliphatic rings. The second-order valence-electron chi connectivity index (χ2n) is 7.01. The van der Waals surface area contributed by atoms with Gasteiger partial charge in [-0.05, 0) is 52.4 Å². The molecule has 0 aliphatic carbocycles. The third-order valence-corrected chi connectivity index (χ3v) is 4.51. The molecule has 0 saturated carbocycles. The third kappa shape index (κ3) is 15.9. The van der Waals surface area contributed by atoms with E-state index in [2.05, 4.69) is 39.8 Å². The number of hydrogen-bond acceptors (Lipinski definition) is 0. The summed E-state index contributed by atoms with van der Waals surface area (Å²) in [6.07, 6.45) is 24.0. The van der Waals surface area contributed by atoms with Gasteiger partial charge < -0.3 is 0 Å². The van der Waals surface area contributed by atoms with Crippen molar-refractivity contribution in [1.29, 1.82) is 0 Å². The van der Waals surface area contributed by atoms with E-state index in [-0.39, 0.29) is 0 Å². The van der Waals surface area contributed by atoms with Gasteiger partial charge in [0, 0.05) is 0 Å². The maximum absolute atomic E-state index is 2.48. The van der Waals surface area contributed by atoms with Crippen LogP contribution in [0, 0.1) is 0 Å². The lowest BCUT2D eigenvalue weighted by atomic mass is 10.0. The molecule has 22 heavy (non-hydrogen) atoms. The average molecular weight is 307 g/mol. The minimum absolute atomic E-state index is 1.26. The fraction of sp³-hybridized carbons (Fsp3) is 0.818. The van der Waals surface area contributed by atoms with Crippen LogP contribution >= 0.6 is 0 Å². The van der Waals surface area contributed by atoms with E-state index in [0.29, 0.717) is 0 Å². The van der Waals surface area contributed by atoms with E-state index in [1.165, 1.54) is 89.9 Å². The Morgan fingerprint density at radius 2 is 0.909 bits per heavy atom. The molecule has 0 rings (SSSR count). The van der Waals surface area contributed by atoms with Gasteiger partial charge in [0.05, 0.1) is 0 Å². The Morgan fingerprint density at radius 1 is 0.545 bits per heavy atom. The molecule has 0 radical (unpaired) electrons. The largest absolute Gasteiger partial charge is 0.0856 e. The van der Waals surface area contributed by atoms with Gasteiger partial charge in [-0.1, -0.05) is 88.5 Å².